The van der Waals surface area contributed by atoms with Crippen LogP contribution in [0.4, 0.5) is 0 Å². The predicted octanol–water partition coefficient (Wildman–Crippen LogP) is 3.76. The van der Waals surface area contributed by atoms with Gasteiger partial charge in [0.25, 0.3) is 0 Å². The standard InChI is InChI=1S/C18H21NO/c1-20-16-7-8-17-14(11-16)6-5-13-10-15-4-2-3-9-19(15)12-18(13)17/h5-8,11,15H,2-4,9-10,12H2,1H3. The largest absolute Gasteiger partial charge is 0.497 e. The predicted molar refractivity (Wildman–Crippen MR) is 82.3 cm³/mol. The quantitative estimate of drug-likeness (QED) is 0.780. The van der Waals surface area contributed by atoms with E-state index in [4.69, 9.17) is 4.74 Å². The highest BCUT2D eigenvalue weighted by atomic mass is 16.5. The van der Waals surface area contributed by atoms with Gasteiger partial charge in [0, 0.05) is 12.6 Å². The van der Waals surface area contributed by atoms with Gasteiger partial charge in [0.15, 0.2) is 0 Å². The summed E-state index contributed by atoms with van der Waals surface area (Å²) in [5.41, 5.74) is 3.11. The van der Waals surface area contributed by atoms with Gasteiger partial charge in [0.2, 0.25) is 0 Å². The number of nitrogens with zero attached hydrogens (tertiary/aromatic N) is 1. The van der Waals surface area contributed by atoms with Gasteiger partial charge < -0.3 is 4.74 Å². The molecule has 2 heterocycles. The summed E-state index contributed by atoms with van der Waals surface area (Å²) in [5.74, 6) is 0.948. The normalized spacial score (nSPS) is 22.4. The zero-order valence-corrected chi connectivity index (χ0v) is 12.1. The molecule has 2 heteroatoms. The van der Waals surface area contributed by atoms with E-state index < -0.39 is 0 Å². The fourth-order valence-electron chi connectivity index (χ4n) is 3.88. The van der Waals surface area contributed by atoms with E-state index in [9.17, 15) is 0 Å². The van der Waals surface area contributed by atoms with Crippen LogP contribution in [-0.2, 0) is 13.0 Å². The van der Waals surface area contributed by atoms with Crippen molar-refractivity contribution in [2.75, 3.05) is 13.7 Å². The summed E-state index contributed by atoms with van der Waals surface area (Å²) in [6.45, 7) is 2.40. The minimum atomic E-state index is 0.784. The Morgan fingerprint density at radius 3 is 3.00 bits per heavy atom. The summed E-state index contributed by atoms with van der Waals surface area (Å²) in [6.07, 6.45) is 5.38. The van der Waals surface area contributed by atoms with Gasteiger partial charge in [-0.25, -0.2) is 0 Å². The van der Waals surface area contributed by atoms with Crippen LogP contribution in [0, 0.1) is 0 Å². The summed E-state index contributed by atoms with van der Waals surface area (Å²) >= 11 is 0. The average molecular weight is 267 g/mol. The molecule has 2 aliphatic heterocycles. The molecule has 4 rings (SSSR count). The average Bonchev–Trinajstić information content (AvgIpc) is 2.52. The van der Waals surface area contributed by atoms with Crippen molar-refractivity contribution in [3.8, 4) is 5.75 Å². The molecule has 0 radical (unpaired) electrons. The van der Waals surface area contributed by atoms with Crippen LogP contribution in [-0.4, -0.2) is 24.6 Å². The van der Waals surface area contributed by atoms with Crippen molar-refractivity contribution in [3.05, 3.63) is 41.5 Å². The van der Waals surface area contributed by atoms with E-state index in [-0.39, 0.29) is 0 Å². The number of methoxy groups -OCH3 is 1. The third-order valence-electron chi connectivity index (χ3n) is 5.00. The molecule has 20 heavy (non-hydrogen) atoms. The third-order valence-corrected chi connectivity index (χ3v) is 5.00. The molecule has 0 spiro atoms. The Kier molecular flexibility index (Phi) is 2.92. The van der Waals surface area contributed by atoms with Crippen molar-refractivity contribution in [2.24, 2.45) is 0 Å². The Bertz CT molecular complexity index is 649. The number of fused-ring (bicyclic) bond motifs is 4. The van der Waals surface area contributed by atoms with Crippen LogP contribution < -0.4 is 4.74 Å². The zero-order valence-electron chi connectivity index (χ0n) is 12.1. The highest BCUT2D eigenvalue weighted by molar-refractivity contribution is 5.88. The molecule has 2 nitrogen and oxygen atoms in total. The first-order valence-electron chi connectivity index (χ1n) is 7.68. The maximum Gasteiger partial charge on any atom is 0.119 e. The fraction of sp³-hybridized carbons (Fsp3) is 0.444. The van der Waals surface area contributed by atoms with E-state index in [0.717, 1.165) is 18.3 Å². The molecule has 1 fully saturated rings. The molecule has 2 aromatic rings. The Hall–Kier alpha value is -1.54. The molecule has 1 atom stereocenters. The first-order valence-corrected chi connectivity index (χ1v) is 7.68. The van der Waals surface area contributed by atoms with Gasteiger partial charge in [-0.3, -0.25) is 4.90 Å². The highest BCUT2D eigenvalue weighted by Gasteiger charge is 2.28. The van der Waals surface area contributed by atoms with Crippen LogP contribution in [0.15, 0.2) is 30.3 Å². The molecule has 0 amide bonds. The molecular formula is C18H21NO. The second-order valence-electron chi connectivity index (χ2n) is 6.11. The molecule has 2 aromatic carbocycles. The molecule has 0 N–H and O–H groups in total. The Balaban J connectivity index is 1.81. The summed E-state index contributed by atoms with van der Waals surface area (Å²) < 4.78 is 5.34. The van der Waals surface area contributed by atoms with Crippen molar-refractivity contribution in [3.63, 3.8) is 0 Å². The van der Waals surface area contributed by atoms with Crippen LogP contribution in [0.3, 0.4) is 0 Å². The number of ether oxygens (including phenoxy) is 1. The van der Waals surface area contributed by atoms with E-state index in [2.05, 4.69) is 35.2 Å². The smallest absolute Gasteiger partial charge is 0.119 e. The van der Waals surface area contributed by atoms with Crippen LogP contribution in [0.5, 0.6) is 5.75 Å². The lowest BCUT2D eigenvalue weighted by Crippen LogP contribution is -2.43. The SMILES string of the molecule is COc1ccc2c3c(ccc2c1)CC1CCCCN1C3. The number of hydrogen-bond donors (Lipinski definition) is 0. The van der Waals surface area contributed by atoms with E-state index in [1.807, 2.05) is 0 Å². The Morgan fingerprint density at radius 2 is 2.10 bits per heavy atom. The Labute approximate surface area is 120 Å². The van der Waals surface area contributed by atoms with E-state index in [1.165, 1.54) is 43.0 Å². The van der Waals surface area contributed by atoms with E-state index in [0.29, 0.717) is 0 Å². The molecule has 1 saturated heterocycles. The van der Waals surface area contributed by atoms with Crippen molar-refractivity contribution >= 4 is 10.8 Å². The molecule has 0 aromatic heterocycles. The van der Waals surface area contributed by atoms with Crippen molar-refractivity contribution < 1.29 is 4.74 Å². The zero-order chi connectivity index (χ0) is 13.5. The first-order chi connectivity index (χ1) is 9.85. The van der Waals surface area contributed by atoms with Crippen molar-refractivity contribution in [2.45, 2.75) is 38.3 Å². The molecule has 0 saturated carbocycles. The molecule has 2 aliphatic rings. The summed E-state index contributed by atoms with van der Waals surface area (Å²) in [4.78, 5) is 2.69. The Morgan fingerprint density at radius 1 is 1.15 bits per heavy atom. The lowest BCUT2D eigenvalue weighted by atomic mass is 9.86. The van der Waals surface area contributed by atoms with Crippen molar-refractivity contribution in [1.82, 2.24) is 4.90 Å². The molecule has 0 bridgehead atoms. The number of hydrogen-bond acceptors (Lipinski definition) is 2. The maximum absolute atomic E-state index is 5.34. The molecular weight excluding hydrogens is 246 g/mol. The molecule has 1 unspecified atom stereocenters. The maximum atomic E-state index is 5.34. The van der Waals surface area contributed by atoms with Gasteiger partial charge >= 0.3 is 0 Å². The lowest BCUT2D eigenvalue weighted by molar-refractivity contribution is 0.128. The second kappa shape index (κ2) is 4.78. The molecule has 0 aliphatic carbocycles. The summed E-state index contributed by atoms with van der Waals surface area (Å²) in [6, 6.07) is 11.9. The minimum absolute atomic E-state index is 0.784. The minimum Gasteiger partial charge on any atom is -0.497 e. The number of benzene rings is 2. The van der Waals surface area contributed by atoms with E-state index in [1.54, 1.807) is 18.2 Å². The van der Waals surface area contributed by atoms with Crippen LogP contribution in [0.25, 0.3) is 10.8 Å². The number of piperidine rings is 1. The van der Waals surface area contributed by atoms with Gasteiger partial charge in [0.05, 0.1) is 7.11 Å². The van der Waals surface area contributed by atoms with Crippen molar-refractivity contribution in [1.29, 1.82) is 0 Å². The summed E-state index contributed by atoms with van der Waals surface area (Å²) in [7, 11) is 1.73. The molecule has 104 valence electrons. The van der Waals surface area contributed by atoms with Gasteiger partial charge in [-0.2, -0.15) is 0 Å². The second-order valence-corrected chi connectivity index (χ2v) is 6.11. The fourth-order valence-corrected chi connectivity index (χ4v) is 3.88. The highest BCUT2D eigenvalue weighted by Crippen LogP contribution is 2.34. The number of rotatable bonds is 1. The topological polar surface area (TPSA) is 12.5 Å². The summed E-state index contributed by atoms with van der Waals surface area (Å²) in [5, 5.41) is 2.71. The van der Waals surface area contributed by atoms with Gasteiger partial charge in [0.1, 0.15) is 5.75 Å². The van der Waals surface area contributed by atoms with Crippen LogP contribution in [0.2, 0.25) is 0 Å². The van der Waals surface area contributed by atoms with Gasteiger partial charge in [-0.1, -0.05) is 24.6 Å². The first kappa shape index (κ1) is 12.2. The lowest BCUT2D eigenvalue weighted by Gasteiger charge is -2.40. The third kappa shape index (κ3) is 1.90. The van der Waals surface area contributed by atoms with E-state index >= 15 is 0 Å². The van der Waals surface area contributed by atoms with Gasteiger partial charge in [-0.15, -0.1) is 0 Å². The van der Waals surface area contributed by atoms with Crippen LogP contribution >= 0.6 is 0 Å². The van der Waals surface area contributed by atoms with Crippen LogP contribution in [0.1, 0.15) is 30.4 Å². The monoisotopic (exact) mass is 267 g/mol. The van der Waals surface area contributed by atoms with Gasteiger partial charge in [-0.05, 0) is 59.8 Å².